The Labute approximate surface area is 125 Å². The van der Waals surface area contributed by atoms with Crippen LogP contribution in [0.4, 0.5) is 0 Å². The van der Waals surface area contributed by atoms with Crippen molar-refractivity contribution in [3.05, 3.63) is 40.4 Å². The van der Waals surface area contributed by atoms with Gasteiger partial charge in [-0.2, -0.15) is 0 Å². The Bertz CT molecular complexity index is 508. The van der Waals surface area contributed by atoms with Crippen molar-refractivity contribution < 1.29 is 9.53 Å². The van der Waals surface area contributed by atoms with Gasteiger partial charge in [-0.05, 0) is 43.4 Å². The Morgan fingerprint density at radius 3 is 2.55 bits per heavy atom. The van der Waals surface area contributed by atoms with Gasteiger partial charge in [-0.15, -0.1) is 0 Å². The summed E-state index contributed by atoms with van der Waals surface area (Å²) in [6, 6.07) is 7.79. The van der Waals surface area contributed by atoms with Crippen LogP contribution < -0.4 is 10.1 Å². The molecule has 0 unspecified atom stereocenters. The van der Waals surface area contributed by atoms with Crippen molar-refractivity contribution in [1.29, 1.82) is 0 Å². The Morgan fingerprint density at radius 1 is 1.35 bits per heavy atom. The molecule has 0 fully saturated rings. The second kappa shape index (κ2) is 6.80. The van der Waals surface area contributed by atoms with E-state index in [1.54, 1.807) is 7.11 Å². The number of rotatable bonds is 5. The molecule has 0 aromatic heterocycles. The highest BCUT2D eigenvalue weighted by Gasteiger charge is 2.22. The third-order valence-electron chi connectivity index (χ3n) is 3.66. The number of allylic oxidation sites excluding steroid dienone is 1. The molecule has 3 nitrogen and oxygen atoms in total. The molecular weight excluding hydrogens is 274 g/mol. The molecule has 108 valence electrons. The number of hydrogen-bond donors (Lipinski definition) is 1. The molecule has 0 spiro atoms. The number of carbonyl (C=O) groups is 1. The number of benzene rings is 1. The van der Waals surface area contributed by atoms with Gasteiger partial charge in [-0.25, -0.2) is 0 Å². The number of halogens is 1. The van der Waals surface area contributed by atoms with Gasteiger partial charge in [0.05, 0.1) is 13.2 Å². The molecule has 0 heterocycles. The van der Waals surface area contributed by atoms with Crippen LogP contribution in [0.15, 0.2) is 34.9 Å². The zero-order chi connectivity index (χ0) is 14.5. The summed E-state index contributed by atoms with van der Waals surface area (Å²) in [4.78, 5) is 12.2. The van der Waals surface area contributed by atoms with Crippen LogP contribution in [0.1, 0.15) is 44.2 Å². The van der Waals surface area contributed by atoms with Crippen LogP contribution in [0.25, 0.3) is 0 Å². The van der Waals surface area contributed by atoms with E-state index >= 15 is 0 Å². The minimum absolute atomic E-state index is 0.00553. The SMILES string of the molecule is CC[C@H](NC(=O)C1=C(Cl)CCC1)c1ccc(OC)cc1. The molecule has 0 radical (unpaired) electrons. The van der Waals surface area contributed by atoms with E-state index in [1.165, 1.54) is 0 Å². The first kappa shape index (κ1) is 14.9. The minimum Gasteiger partial charge on any atom is -0.497 e. The number of ether oxygens (including phenoxy) is 1. The van der Waals surface area contributed by atoms with Crippen molar-refractivity contribution >= 4 is 17.5 Å². The van der Waals surface area contributed by atoms with Gasteiger partial charge < -0.3 is 10.1 Å². The average molecular weight is 294 g/mol. The lowest BCUT2D eigenvalue weighted by Crippen LogP contribution is -2.29. The second-order valence-corrected chi connectivity index (χ2v) is 5.40. The van der Waals surface area contributed by atoms with Gasteiger partial charge in [-0.1, -0.05) is 30.7 Å². The summed E-state index contributed by atoms with van der Waals surface area (Å²) in [6.07, 6.45) is 3.41. The quantitative estimate of drug-likeness (QED) is 0.893. The first-order valence-electron chi connectivity index (χ1n) is 6.98. The van der Waals surface area contributed by atoms with E-state index in [2.05, 4.69) is 12.2 Å². The predicted molar refractivity (Wildman–Crippen MR) is 80.9 cm³/mol. The number of carbonyl (C=O) groups excluding carboxylic acids is 1. The van der Waals surface area contributed by atoms with E-state index in [0.717, 1.165) is 42.6 Å². The van der Waals surface area contributed by atoms with Gasteiger partial charge in [0.15, 0.2) is 0 Å². The molecule has 1 aliphatic carbocycles. The highest BCUT2D eigenvalue weighted by Crippen LogP contribution is 2.30. The lowest BCUT2D eigenvalue weighted by atomic mass is 10.0. The molecule has 2 rings (SSSR count). The fourth-order valence-corrected chi connectivity index (χ4v) is 2.76. The summed E-state index contributed by atoms with van der Waals surface area (Å²) in [6.45, 7) is 2.06. The van der Waals surface area contributed by atoms with Crippen LogP contribution in [-0.2, 0) is 4.79 Å². The van der Waals surface area contributed by atoms with Crippen LogP contribution in [0.2, 0.25) is 0 Å². The summed E-state index contributed by atoms with van der Waals surface area (Å²) in [7, 11) is 1.64. The van der Waals surface area contributed by atoms with Crippen molar-refractivity contribution in [2.24, 2.45) is 0 Å². The zero-order valence-corrected chi connectivity index (χ0v) is 12.7. The van der Waals surface area contributed by atoms with E-state index in [9.17, 15) is 4.79 Å². The molecule has 0 saturated carbocycles. The number of amides is 1. The predicted octanol–water partition coefficient (Wildman–Crippen LogP) is 3.94. The number of nitrogens with one attached hydrogen (secondary N) is 1. The number of hydrogen-bond acceptors (Lipinski definition) is 2. The molecule has 4 heteroatoms. The molecule has 1 N–H and O–H groups in total. The van der Waals surface area contributed by atoms with E-state index in [0.29, 0.717) is 5.03 Å². The minimum atomic E-state index is -0.0323. The van der Waals surface area contributed by atoms with E-state index in [1.807, 2.05) is 24.3 Å². The van der Waals surface area contributed by atoms with E-state index in [4.69, 9.17) is 16.3 Å². The standard InChI is InChI=1S/C16H20ClNO2/c1-3-15(11-7-9-12(20-2)10-8-11)18-16(19)13-5-4-6-14(13)17/h7-10,15H,3-6H2,1-2H3,(H,18,19)/t15-/m0/s1. The Kier molecular flexibility index (Phi) is 5.07. The van der Waals surface area contributed by atoms with Gasteiger partial charge in [0.25, 0.3) is 0 Å². The molecule has 1 aromatic rings. The first-order valence-corrected chi connectivity index (χ1v) is 7.35. The van der Waals surface area contributed by atoms with Crippen molar-refractivity contribution in [1.82, 2.24) is 5.32 Å². The average Bonchev–Trinajstić information content (AvgIpc) is 2.91. The van der Waals surface area contributed by atoms with Crippen molar-refractivity contribution in [2.75, 3.05) is 7.11 Å². The largest absolute Gasteiger partial charge is 0.497 e. The molecule has 0 saturated heterocycles. The van der Waals surface area contributed by atoms with Gasteiger partial charge in [-0.3, -0.25) is 4.79 Å². The molecule has 20 heavy (non-hydrogen) atoms. The molecule has 0 bridgehead atoms. The molecule has 1 amide bonds. The van der Waals surface area contributed by atoms with E-state index in [-0.39, 0.29) is 11.9 Å². The van der Waals surface area contributed by atoms with Gasteiger partial charge >= 0.3 is 0 Å². The van der Waals surface area contributed by atoms with Crippen molar-refractivity contribution in [2.45, 2.75) is 38.6 Å². The van der Waals surface area contributed by atoms with Crippen LogP contribution in [0.5, 0.6) is 5.75 Å². The van der Waals surface area contributed by atoms with Crippen LogP contribution >= 0.6 is 11.6 Å². The Morgan fingerprint density at radius 2 is 2.05 bits per heavy atom. The lowest BCUT2D eigenvalue weighted by Gasteiger charge is -2.18. The maximum atomic E-state index is 12.2. The van der Waals surface area contributed by atoms with Crippen LogP contribution in [0, 0.1) is 0 Å². The summed E-state index contributed by atoms with van der Waals surface area (Å²) >= 11 is 6.09. The fraction of sp³-hybridized carbons (Fsp3) is 0.438. The highest BCUT2D eigenvalue weighted by atomic mass is 35.5. The maximum absolute atomic E-state index is 12.2. The van der Waals surface area contributed by atoms with Crippen LogP contribution in [0.3, 0.4) is 0 Å². The van der Waals surface area contributed by atoms with Crippen molar-refractivity contribution in [3.63, 3.8) is 0 Å². The topological polar surface area (TPSA) is 38.3 Å². The Balaban J connectivity index is 2.08. The van der Waals surface area contributed by atoms with Gasteiger partial charge in [0.2, 0.25) is 5.91 Å². The van der Waals surface area contributed by atoms with E-state index < -0.39 is 0 Å². The fourth-order valence-electron chi connectivity index (χ4n) is 2.45. The third kappa shape index (κ3) is 3.34. The molecule has 0 aliphatic heterocycles. The first-order chi connectivity index (χ1) is 9.65. The third-order valence-corrected chi connectivity index (χ3v) is 4.07. The normalized spacial score (nSPS) is 16.1. The smallest absolute Gasteiger partial charge is 0.248 e. The van der Waals surface area contributed by atoms with Gasteiger partial charge in [0.1, 0.15) is 5.75 Å². The highest BCUT2D eigenvalue weighted by molar-refractivity contribution is 6.32. The summed E-state index contributed by atoms with van der Waals surface area (Å²) in [5.41, 5.74) is 1.83. The molecule has 1 atom stereocenters. The van der Waals surface area contributed by atoms with Crippen LogP contribution in [-0.4, -0.2) is 13.0 Å². The summed E-state index contributed by atoms with van der Waals surface area (Å²) < 4.78 is 5.15. The Hall–Kier alpha value is -1.48. The monoisotopic (exact) mass is 293 g/mol. The van der Waals surface area contributed by atoms with Gasteiger partial charge in [0, 0.05) is 10.6 Å². The molecular formula is C16H20ClNO2. The maximum Gasteiger partial charge on any atom is 0.248 e. The number of methoxy groups -OCH3 is 1. The summed E-state index contributed by atoms with van der Waals surface area (Å²) in [5, 5.41) is 3.79. The molecule has 1 aromatic carbocycles. The second-order valence-electron chi connectivity index (χ2n) is 4.94. The molecule has 1 aliphatic rings. The summed E-state index contributed by atoms with van der Waals surface area (Å²) in [5.74, 6) is 0.784. The zero-order valence-electron chi connectivity index (χ0n) is 11.9. The lowest BCUT2D eigenvalue weighted by molar-refractivity contribution is -0.118. The van der Waals surface area contributed by atoms with Crippen molar-refractivity contribution in [3.8, 4) is 5.75 Å².